The second-order valence-electron chi connectivity index (χ2n) is 4.86. The van der Waals surface area contributed by atoms with Gasteiger partial charge in [0, 0.05) is 29.9 Å². The summed E-state index contributed by atoms with van der Waals surface area (Å²) in [6, 6.07) is 0. The van der Waals surface area contributed by atoms with Crippen LogP contribution >= 0.6 is 11.3 Å². The maximum absolute atomic E-state index is 11.6. The normalized spacial score (nSPS) is 10.9. The van der Waals surface area contributed by atoms with Crippen molar-refractivity contribution in [1.82, 2.24) is 24.5 Å². The highest BCUT2D eigenvalue weighted by atomic mass is 32.1. The van der Waals surface area contributed by atoms with Crippen LogP contribution in [0.15, 0.2) is 30.2 Å². The van der Waals surface area contributed by atoms with E-state index >= 15 is 0 Å². The topological polar surface area (TPSA) is 74.8 Å². The molecular formula is C15H17N5O2S. The molecule has 3 aromatic heterocycles. The largest absolute Gasteiger partial charge is 0.462 e. The molecule has 0 radical (unpaired) electrons. The van der Waals surface area contributed by atoms with Crippen LogP contribution in [-0.2, 0) is 17.8 Å². The lowest BCUT2D eigenvalue weighted by molar-refractivity contribution is 0.0526. The van der Waals surface area contributed by atoms with Gasteiger partial charge in [0.15, 0.2) is 0 Å². The molecule has 3 aromatic rings. The summed E-state index contributed by atoms with van der Waals surface area (Å²) in [6.07, 6.45) is 6.98. The van der Waals surface area contributed by atoms with E-state index in [0.717, 1.165) is 22.8 Å². The minimum atomic E-state index is -0.356. The maximum Gasteiger partial charge on any atom is 0.341 e. The van der Waals surface area contributed by atoms with Crippen LogP contribution in [0.3, 0.4) is 0 Å². The fourth-order valence-corrected chi connectivity index (χ4v) is 2.89. The van der Waals surface area contributed by atoms with Crippen LogP contribution in [-0.4, -0.2) is 37.1 Å². The molecular weight excluding hydrogens is 314 g/mol. The molecule has 23 heavy (non-hydrogen) atoms. The molecule has 0 saturated heterocycles. The maximum atomic E-state index is 11.6. The summed E-state index contributed by atoms with van der Waals surface area (Å²) in [5.74, 6) is -0.356. The van der Waals surface area contributed by atoms with Crippen LogP contribution < -0.4 is 0 Å². The number of nitrogens with zero attached hydrogens (tertiary/aromatic N) is 5. The van der Waals surface area contributed by atoms with Crippen LogP contribution in [0.25, 0.3) is 11.3 Å². The fraction of sp³-hybridized carbons (Fsp3) is 0.333. The van der Waals surface area contributed by atoms with Gasteiger partial charge < -0.3 is 4.74 Å². The van der Waals surface area contributed by atoms with Crippen LogP contribution in [0.5, 0.6) is 0 Å². The lowest BCUT2D eigenvalue weighted by atomic mass is 10.3. The summed E-state index contributed by atoms with van der Waals surface area (Å²) >= 11 is 1.56. The molecule has 0 bridgehead atoms. The predicted octanol–water partition coefficient (Wildman–Crippen LogP) is 2.45. The smallest absolute Gasteiger partial charge is 0.341 e. The van der Waals surface area contributed by atoms with Gasteiger partial charge in [0.2, 0.25) is 0 Å². The molecule has 8 heteroatoms. The molecule has 0 N–H and O–H groups in total. The number of hydrogen-bond acceptors (Lipinski definition) is 6. The number of esters is 1. The van der Waals surface area contributed by atoms with Crippen molar-refractivity contribution in [2.24, 2.45) is 0 Å². The molecule has 7 nitrogen and oxygen atoms in total. The summed E-state index contributed by atoms with van der Waals surface area (Å²) in [7, 11) is 0. The van der Waals surface area contributed by atoms with E-state index in [2.05, 4.69) is 15.2 Å². The van der Waals surface area contributed by atoms with Gasteiger partial charge in [-0.3, -0.25) is 9.36 Å². The Hall–Kier alpha value is -2.48. The van der Waals surface area contributed by atoms with E-state index in [1.54, 1.807) is 29.1 Å². The highest BCUT2D eigenvalue weighted by Gasteiger charge is 2.11. The minimum Gasteiger partial charge on any atom is -0.462 e. The SMILES string of the molecule is CCOC(=O)c1cnn(Cc2nc(-c3cnn(CC)c3)cs2)c1. The van der Waals surface area contributed by atoms with Crippen molar-refractivity contribution >= 4 is 17.3 Å². The zero-order valence-corrected chi connectivity index (χ0v) is 13.8. The van der Waals surface area contributed by atoms with E-state index in [9.17, 15) is 4.79 Å². The van der Waals surface area contributed by atoms with Crippen LogP contribution in [0.2, 0.25) is 0 Å². The van der Waals surface area contributed by atoms with E-state index in [0.29, 0.717) is 18.7 Å². The third kappa shape index (κ3) is 3.48. The average molecular weight is 331 g/mol. The van der Waals surface area contributed by atoms with Crippen molar-refractivity contribution in [2.45, 2.75) is 26.9 Å². The van der Waals surface area contributed by atoms with Gasteiger partial charge >= 0.3 is 5.97 Å². The Balaban J connectivity index is 1.70. The fourth-order valence-electron chi connectivity index (χ4n) is 2.09. The molecule has 0 saturated carbocycles. The van der Waals surface area contributed by atoms with E-state index in [-0.39, 0.29) is 5.97 Å². The second kappa shape index (κ2) is 6.74. The van der Waals surface area contributed by atoms with E-state index in [1.807, 2.05) is 29.4 Å². The molecule has 120 valence electrons. The molecule has 0 spiro atoms. The summed E-state index contributed by atoms with van der Waals surface area (Å²) < 4.78 is 8.51. The highest BCUT2D eigenvalue weighted by Crippen LogP contribution is 2.22. The van der Waals surface area contributed by atoms with Crippen molar-refractivity contribution in [2.75, 3.05) is 6.61 Å². The number of hydrogen-bond donors (Lipinski definition) is 0. The third-order valence-electron chi connectivity index (χ3n) is 3.25. The van der Waals surface area contributed by atoms with Gasteiger partial charge in [-0.05, 0) is 13.8 Å². The van der Waals surface area contributed by atoms with Crippen molar-refractivity contribution in [3.63, 3.8) is 0 Å². The van der Waals surface area contributed by atoms with Crippen LogP contribution in [0.1, 0.15) is 29.2 Å². The number of thiazole rings is 1. The molecule has 3 rings (SSSR count). The Kier molecular flexibility index (Phi) is 4.52. The molecule has 0 amide bonds. The first-order valence-corrected chi connectivity index (χ1v) is 8.24. The number of carbonyl (C=O) groups excluding carboxylic acids is 1. The molecule has 0 aliphatic heterocycles. The number of aryl methyl sites for hydroxylation is 1. The van der Waals surface area contributed by atoms with E-state index in [1.165, 1.54) is 6.20 Å². The van der Waals surface area contributed by atoms with Crippen molar-refractivity contribution in [1.29, 1.82) is 0 Å². The number of carbonyl (C=O) groups is 1. The zero-order valence-electron chi connectivity index (χ0n) is 13.0. The van der Waals surface area contributed by atoms with Gasteiger partial charge in [0.1, 0.15) is 5.01 Å². The first-order chi connectivity index (χ1) is 11.2. The quantitative estimate of drug-likeness (QED) is 0.649. The summed E-state index contributed by atoms with van der Waals surface area (Å²) in [4.78, 5) is 16.2. The average Bonchev–Trinajstić information content (AvgIpc) is 3.28. The lowest BCUT2D eigenvalue weighted by Gasteiger charge is -1.98. The summed E-state index contributed by atoms with van der Waals surface area (Å²) in [5.41, 5.74) is 2.36. The summed E-state index contributed by atoms with van der Waals surface area (Å²) in [5, 5.41) is 11.4. The van der Waals surface area contributed by atoms with E-state index < -0.39 is 0 Å². The lowest BCUT2D eigenvalue weighted by Crippen LogP contribution is -2.04. The minimum absolute atomic E-state index is 0.352. The highest BCUT2D eigenvalue weighted by molar-refractivity contribution is 7.09. The predicted molar refractivity (Wildman–Crippen MR) is 86.3 cm³/mol. The van der Waals surface area contributed by atoms with Crippen molar-refractivity contribution in [3.8, 4) is 11.3 Å². The van der Waals surface area contributed by atoms with Crippen LogP contribution in [0, 0.1) is 0 Å². The standard InChI is InChI=1S/C15H17N5O2S/c1-3-19-7-11(5-16-19)13-10-23-14(18-13)9-20-8-12(6-17-20)15(21)22-4-2/h5-8,10H,3-4,9H2,1-2H3. The van der Waals surface area contributed by atoms with E-state index in [4.69, 9.17) is 4.74 Å². The zero-order chi connectivity index (χ0) is 16.2. The molecule has 3 heterocycles. The molecule has 0 aliphatic carbocycles. The van der Waals surface area contributed by atoms with Crippen molar-refractivity contribution in [3.05, 3.63) is 40.7 Å². The molecule has 0 aromatic carbocycles. The molecule has 0 atom stereocenters. The van der Waals surface area contributed by atoms with Gasteiger partial charge in [-0.15, -0.1) is 11.3 Å². The van der Waals surface area contributed by atoms with Gasteiger partial charge in [-0.2, -0.15) is 10.2 Å². The molecule has 0 fully saturated rings. The van der Waals surface area contributed by atoms with Gasteiger partial charge in [-0.1, -0.05) is 0 Å². The first-order valence-electron chi connectivity index (χ1n) is 7.36. The van der Waals surface area contributed by atoms with Gasteiger partial charge in [-0.25, -0.2) is 9.78 Å². The first kappa shape index (κ1) is 15.4. The monoisotopic (exact) mass is 331 g/mol. The number of aromatic nitrogens is 5. The number of ether oxygens (including phenoxy) is 1. The Morgan fingerprint density at radius 2 is 2.04 bits per heavy atom. The van der Waals surface area contributed by atoms with Gasteiger partial charge in [0.05, 0.1) is 36.8 Å². The Morgan fingerprint density at radius 1 is 1.22 bits per heavy atom. The number of rotatable bonds is 6. The second-order valence-corrected chi connectivity index (χ2v) is 5.80. The Morgan fingerprint density at radius 3 is 2.78 bits per heavy atom. The van der Waals surface area contributed by atoms with Crippen molar-refractivity contribution < 1.29 is 9.53 Å². The Bertz CT molecular complexity index is 804. The third-order valence-corrected chi connectivity index (χ3v) is 4.08. The Labute approximate surface area is 137 Å². The molecule has 0 aliphatic rings. The molecule has 0 unspecified atom stereocenters. The van der Waals surface area contributed by atoms with Crippen LogP contribution in [0.4, 0.5) is 0 Å². The summed E-state index contributed by atoms with van der Waals surface area (Å²) in [6.45, 7) is 5.53. The van der Waals surface area contributed by atoms with Gasteiger partial charge in [0.25, 0.3) is 0 Å².